The average Bonchev–Trinajstić information content (AvgIpc) is 3.24. The van der Waals surface area contributed by atoms with Gasteiger partial charge in [0, 0.05) is 18.7 Å². The van der Waals surface area contributed by atoms with Crippen molar-refractivity contribution < 1.29 is 14.4 Å². The van der Waals surface area contributed by atoms with Crippen molar-refractivity contribution >= 4 is 17.8 Å². The van der Waals surface area contributed by atoms with E-state index in [0.29, 0.717) is 37.2 Å². The predicted octanol–water partition coefficient (Wildman–Crippen LogP) is -0.524. The fourth-order valence-corrected chi connectivity index (χ4v) is 3.22. The lowest BCUT2D eigenvalue weighted by Gasteiger charge is -2.37. The Kier molecular flexibility index (Phi) is 3.45. The van der Waals surface area contributed by atoms with Gasteiger partial charge in [-0.15, -0.1) is 5.10 Å². The van der Waals surface area contributed by atoms with Crippen molar-refractivity contribution in [2.45, 2.75) is 18.4 Å². The van der Waals surface area contributed by atoms with Crippen LogP contribution in [0.25, 0.3) is 5.69 Å². The molecule has 1 aromatic carbocycles. The number of rotatable bonds is 2. The number of piperidine rings is 1. The summed E-state index contributed by atoms with van der Waals surface area (Å²) in [6.45, 7) is 0.781. The molecule has 0 aliphatic carbocycles. The van der Waals surface area contributed by atoms with Gasteiger partial charge in [0.25, 0.3) is 11.8 Å². The Morgan fingerprint density at radius 2 is 2.00 bits per heavy atom. The summed E-state index contributed by atoms with van der Waals surface area (Å²) in [5.74, 6) is -0.445. The topological polar surface area (TPSA) is 122 Å². The van der Waals surface area contributed by atoms with Crippen LogP contribution in [0.1, 0.15) is 23.2 Å². The van der Waals surface area contributed by atoms with Crippen molar-refractivity contribution in [2.75, 3.05) is 13.1 Å². The minimum atomic E-state index is -0.887. The highest BCUT2D eigenvalue weighted by molar-refractivity contribution is 6.07. The van der Waals surface area contributed by atoms with Gasteiger partial charge in [-0.2, -0.15) is 0 Å². The lowest BCUT2D eigenvalue weighted by atomic mass is 9.87. The molecule has 25 heavy (non-hydrogen) atoms. The first-order chi connectivity index (χ1) is 12.1. The van der Waals surface area contributed by atoms with Crippen molar-refractivity contribution in [3.8, 4) is 5.69 Å². The minimum absolute atomic E-state index is 0.130. The highest BCUT2D eigenvalue weighted by atomic mass is 16.2. The average molecular weight is 341 g/mol. The first-order valence-corrected chi connectivity index (χ1v) is 7.84. The molecule has 10 nitrogen and oxygen atoms in total. The van der Waals surface area contributed by atoms with Crippen molar-refractivity contribution in [3.05, 3.63) is 36.2 Å². The van der Waals surface area contributed by atoms with Crippen LogP contribution in [0.3, 0.4) is 0 Å². The third-order valence-electron chi connectivity index (χ3n) is 4.63. The lowest BCUT2D eigenvalue weighted by Crippen LogP contribution is -2.55. The highest BCUT2D eigenvalue weighted by Gasteiger charge is 2.48. The molecule has 0 bridgehead atoms. The first-order valence-electron chi connectivity index (χ1n) is 7.84. The second-order valence-corrected chi connectivity index (χ2v) is 6.09. The zero-order valence-electron chi connectivity index (χ0n) is 13.2. The molecular formula is C15H15N7O3. The Morgan fingerprint density at radius 1 is 1.20 bits per heavy atom. The number of tetrazole rings is 1. The van der Waals surface area contributed by atoms with Crippen molar-refractivity contribution in [1.29, 1.82) is 0 Å². The summed E-state index contributed by atoms with van der Waals surface area (Å²) < 4.78 is 1.47. The highest BCUT2D eigenvalue weighted by Crippen LogP contribution is 2.26. The molecule has 0 unspecified atom stereocenters. The molecule has 0 saturated carbocycles. The number of amides is 4. The second-order valence-electron chi connectivity index (χ2n) is 6.09. The monoisotopic (exact) mass is 341 g/mol. The summed E-state index contributed by atoms with van der Waals surface area (Å²) in [5.41, 5.74) is 0.317. The van der Waals surface area contributed by atoms with E-state index in [4.69, 9.17) is 0 Å². The number of hydrogen-bond acceptors (Lipinski definition) is 6. The molecule has 2 aliphatic heterocycles. The first kappa shape index (κ1) is 15.2. The van der Waals surface area contributed by atoms with Gasteiger partial charge in [0.1, 0.15) is 11.9 Å². The lowest BCUT2D eigenvalue weighted by molar-refractivity contribution is -0.125. The number of hydrogen-bond donors (Lipinski definition) is 2. The number of nitrogens with zero attached hydrogens (tertiary/aromatic N) is 5. The summed E-state index contributed by atoms with van der Waals surface area (Å²) in [4.78, 5) is 37.8. The van der Waals surface area contributed by atoms with Gasteiger partial charge in [-0.25, -0.2) is 9.48 Å². The number of likely N-dealkylation sites (tertiary alicyclic amines) is 1. The molecule has 4 rings (SSSR count). The quantitative estimate of drug-likeness (QED) is 0.709. The third kappa shape index (κ3) is 2.61. The van der Waals surface area contributed by atoms with E-state index >= 15 is 0 Å². The molecule has 3 heterocycles. The maximum absolute atomic E-state index is 12.7. The standard InChI is InChI=1S/C15H15N7O3/c23-12(10-2-1-3-11(8-10)22-9-16-19-20-22)21-6-4-15(5-7-21)13(24)17-14(25)18-15/h1-3,8-9H,4-7H2,(H2,17,18,24,25). The summed E-state index contributed by atoms with van der Waals surface area (Å²) in [7, 11) is 0. The third-order valence-corrected chi connectivity index (χ3v) is 4.63. The van der Waals surface area contributed by atoms with Gasteiger partial charge in [0.15, 0.2) is 0 Å². The van der Waals surface area contributed by atoms with E-state index in [2.05, 4.69) is 26.2 Å². The van der Waals surface area contributed by atoms with Crippen LogP contribution in [0.4, 0.5) is 4.79 Å². The van der Waals surface area contributed by atoms with E-state index in [1.54, 1.807) is 29.2 Å². The van der Waals surface area contributed by atoms with Crippen LogP contribution in [0.2, 0.25) is 0 Å². The molecule has 0 radical (unpaired) electrons. The van der Waals surface area contributed by atoms with E-state index in [1.807, 2.05) is 0 Å². The van der Waals surface area contributed by atoms with Crippen LogP contribution < -0.4 is 10.6 Å². The molecule has 0 atom stereocenters. The van der Waals surface area contributed by atoms with Gasteiger partial charge >= 0.3 is 6.03 Å². The molecule has 128 valence electrons. The molecule has 4 amide bonds. The van der Waals surface area contributed by atoms with E-state index in [1.165, 1.54) is 11.0 Å². The molecule has 2 fully saturated rings. The smallest absolute Gasteiger partial charge is 0.322 e. The Hall–Kier alpha value is -3.30. The Labute approximate surface area is 142 Å². The zero-order valence-corrected chi connectivity index (χ0v) is 13.2. The summed E-state index contributed by atoms with van der Waals surface area (Å²) in [6, 6.07) is 6.54. The van der Waals surface area contributed by atoms with E-state index in [-0.39, 0.29) is 11.8 Å². The van der Waals surface area contributed by atoms with Gasteiger partial charge < -0.3 is 10.2 Å². The number of carbonyl (C=O) groups is 3. The molecule has 10 heteroatoms. The van der Waals surface area contributed by atoms with Crippen LogP contribution in [0, 0.1) is 0 Å². The van der Waals surface area contributed by atoms with Crippen LogP contribution >= 0.6 is 0 Å². The Balaban J connectivity index is 1.49. The molecule has 2 N–H and O–H groups in total. The van der Waals surface area contributed by atoms with Crippen molar-refractivity contribution in [1.82, 2.24) is 35.7 Å². The van der Waals surface area contributed by atoms with Crippen LogP contribution in [-0.4, -0.2) is 61.6 Å². The van der Waals surface area contributed by atoms with Crippen LogP contribution in [0.5, 0.6) is 0 Å². The number of aromatic nitrogens is 4. The maximum Gasteiger partial charge on any atom is 0.322 e. The van der Waals surface area contributed by atoms with Crippen LogP contribution in [0.15, 0.2) is 30.6 Å². The second kappa shape index (κ2) is 5.65. The Morgan fingerprint density at radius 3 is 2.64 bits per heavy atom. The van der Waals surface area contributed by atoms with Gasteiger partial charge in [-0.05, 0) is 41.5 Å². The molecule has 1 spiro atoms. The van der Waals surface area contributed by atoms with E-state index < -0.39 is 11.6 Å². The fraction of sp³-hybridized carbons (Fsp3) is 0.333. The predicted molar refractivity (Wildman–Crippen MR) is 83.7 cm³/mol. The maximum atomic E-state index is 12.7. The minimum Gasteiger partial charge on any atom is -0.338 e. The summed E-state index contributed by atoms with van der Waals surface area (Å²) in [6.07, 6.45) is 2.24. The number of imide groups is 1. The molecule has 1 aromatic heterocycles. The van der Waals surface area contributed by atoms with Gasteiger partial charge in [0.05, 0.1) is 5.69 Å². The van der Waals surface area contributed by atoms with Gasteiger partial charge in [-0.3, -0.25) is 14.9 Å². The largest absolute Gasteiger partial charge is 0.338 e. The van der Waals surface area contributed by atoms with Crippen LogP contribution in [-0.2, 0) is 4.79 Å². The Bertz CT molecular complexity index is 841. The fourth-order valence-electron chi connectivity index (χ4n) is 3.22. The SMILES string of the molecule is O=C1NC(=O)C2(CCN(C(=O)c3cccc(-n4cnnn4)c3)CC2)N1. The molecule has 2 aromatic rings. The van der Waals surface area contributed by atoms with Crippen molar-refractivity contribution in [3.63, 3.8) is 0 Å². The number of nitrogens with one attached hydrogen (secondary N) is 2. The summed E-state index contributed by atoms with van der Waals surface area (Å²) >= 11 is 0. The number of benzene rings is 1. The van der Waals surface area contributed by atoms with Gasteiger partial charge in [-0.1, -0.05) is 6.07 Å². The summed E-state index contributed by atoms with van der Waals surface area (Å²) in [5, 5.41) is 15.9. The number of carbonyl (C=O) groups excluding carboxylic acids is 3. The van der Waals surface area contributed by atoms with E-state index in [9.17, 15) is 14.4 Å². The zero-order chi connectivity index (χ0) is 17.4. The van der Waals surface area contributed by atoms with Crippen molar-refractivity contribution in [2.24, 2.45) is 0 Å². The molecule has 2 aliphatic rings. The number of urea groups is 1. The normalized spacial score (nSPS) is 19.0. The molecule has 2 saturated heterocycles. The van der Waals surface area contributed by atoms with Gasteiger partial charge in [0.2, 0.25) is 0 Å². The van der Waals surface area contributed by atoms with E-state index in [0.717, 1.165) is 0 Å². The molecular weight excluding hydrogens is 326 g/mol.